The molecule has 1 saturated heterocycles. The molecule has 60 valence electrons. The molecule has 0 unspecified atom stereocenters. The average Bonchev–Trinajstić information content (AvgIpc) is 2.06. The van der Waals surface area contributed by atoms with Crippen molar-refractivity contribution >= 4 is 0 Å². The van der Waals surface area contributed by atoms with Crippen LogP contribution in [-0.4, -0.2) is 13.1 Å². The number of nitrogens with one attached hydrogen (secondary N) is 1. The molecule has 0 amide bonds. The van der Waals surface area contributed by atoms with Crippen molar-refractivity contribution in [3.63, 3.8) is 0 Å². The minimum absolute atomic E-state index is 0.698. The zero-order chi connectivity index (χ0) is 8.10. The van der Waals surface area contributed by atoms with Crippen LogP contribution in [0.3, 0.4) is 0 Å². The van der Waals surface area contributed by atoms with Gasteiger partial charge in [-0.25, -0.2) is 0 Å². The van der Waals surface area contributed by atoms with Crippen LogP contribution in [0, 0.1) is 17.2 Å². The molecule has 0 atom stereocenters. The van der Waals surface area contributed by atoms with Crippen molar-refractivity contribution in [1.82, 2.24) is 5.32 Å². The minimum Gasteiger partial charge on any atom is -0.317 e. The highest BCUT2D eigenvalue weighted by Gasteiger charge is 2.13. The van der Waals surface area contributed by atoms with Gasteiger partial charge in [-0.15, -0.1) is 0 Å². The van der Waals surface area contributed by atoms with Gasteiger partial charge in [-0.1, -0.05) is 6.58 Å². The van der Waals surface area contributed by atoms with Gasteiger partial charge in [0.2, 0.25) is 0 Å². The Morgan fingerprint density at radius 1 is 1.55 bits per heavy atom. The number of allylic oxidation sites excluding steroid dienone is 1. The summed E-state index contributed by atoms with van der Waals surface area (Å²) in [7, 11) is 0. The predicted octanol–water partition coefficient (Wildman–Crippen LogP) is 1.46. The molecule has 1 aliphatic rings. The van der Waals surface area contributed by atoms with Gasteiger partial charge in [0.25, 0.3) is 0 Å². The molecule has 0 bridgehead atoms. The number of rotatable bonds is 2. The minimum atomic E-state index is 0.698. The first kappa shape index (κ1) is 8.29. The lowest BCUT2D eigenvalue weighted by atomic mass is 9.92. The van der Waals surface area contributed by atoms with Crippen molar-refractivity contribution in [3.8, 4) is 6.07 Å². The maximum absolute atomic E-state index is 8.50. The maximum atomic E-state index is 8.50. The Bertz CT molecular complexity index is 172. The van der Waals surface area contributed by atoms with Crippen LogP contribution in [0.4, 0.5) is 0 Å². The molecule has 0 aromatic rings. The zero-order valence-corrected chi connectivity index (χ0v) is 6.77. The van der Waals surface area contributed by atoms with Crippen LogP contribution in [0.1, 0.15) is 19.3 Å². The van der Waals surface area contributed by atoms with Crippen molar-refractivity contribution < 1.29 is 0 Å². The molecule has 1 N–H and O–H groups in total. The lowest BCUT2D eigenvalue weighted by molar-refractivity contribution is 0.374. The zero-order valence-electron chi connectivity index (χ0n) is 6.77. The molecule has 0 saturated carbocycles. The summed E-state index contributed by atoms with van der Waals surface area (Å²) in [4.78, 5) is 0. The van der Waals surface area contributed by atoms with Crippen LogP contribution in [0.15, 0.2) is 12.2 Å². The highest BCUT2D eigenvalue weighted by molar-refractivity contribution is 5.16. The molecule has 2 nitrogen and oxygen atoms in total. The van der Waals surface area contributed by atoms with E-state index in [1.54, 1.807) is 0 Å². The Labute approximate surface area is 67.9 Å². The maximum Gasteiger partial charge on any atom is 0.0940 e. The Morgan fingerprint density at radius 3 is 2.73 bits per heavy atom. The number of nitrogens with zero attached hydrogens (tertiary/aromatic N) is 1. The van der Waals surface area contributed by atoms with E-state index in [-0.39, 0.29) is 0 Å². The summed E-state index contributed by atoms with van der Waals surface area (Å²) in [5, 5.41) is 11.8. The van der Waals surface area contributed by atoms with Crippen LogP contribution in [-0.2, 0) is 0 Å². The van der Waals surface area contributed by atoms with Crippen molar-refractivity contribution in [1.29, 1.82) is 5.26 Å². The Morgan fingerprint density at radius 2 is 2.18 bits per heavy atom. The standard InChI is InChI=1S/C9H14N2/c1-8(7-10)6-9-2-4-11-5-3-9/h9,11H,1-6H2. The van der Waals surface area contributed by atoms with Crippen LogP contribution in [0.5, 0.6) is 0 Å². The topological polar surface area (TPSA) is 35.8 Å². The quantitative estimate of drug-likeness (QED) is 0.605. The van der Waals surface area contributed by atoms with Gasteiger partial charge in [-0.2, -0.15) is 5.26 Å². The van der Waals surface area contributed by atoms with Crippen molar-refractivity contribution in [2.24, 2.45) is 5.92 Å². The Kier molecular flexibility index (Phi) is 3.13. The van der Waals surface area contributed by atoms with E-state index in [0.29, 0.717) is 5.92 Å². The number of hydrogen-bond acceptors (Lipinski definition) is 2. The highest BCUT2D eigenvalue weighted by Crippen LogP contribution is 2.19. The van der Waals surface area contributed by atoms with Gasteiger partial charge >= 0.3 is 0 Å². The summed E-state index contributed by atoms with van der Waals surface area (Å²) in [5.41, 5.74) is 0.733. The number of nitriles is 1. The number of piperidine rings is 1. The fourth-order valence-corrected chi connectivity index (χ4v) is 1.48. The third kappa shape index (κ3) is 2.73. The Balaban J connectivity index is 2.25. The molecular formula is C9H14N2. The number of hydrogen-bond donors (Lipinski definition) is 1. The van der Waals surface area contributed by atoms with Gasteiger partial charge in [-0.05, 0) is 38.3 Å². The largest absolute Gasteiger partial charge is 0.317 e. The van der Waals surface area contributed by atoms with E-state index in [4.69, 9.17) is 5.26 Å². The first-order chi connectivity index (χ1) is 5.33. The molecule has 11 heavy (non-hydrogen) atoms. The third-order valence-corrected chi connectivity index (χ3v) is 2.15. The third-order valence-electron chi connectivity index (χ3n) is 2.15. The van der Waals surface area contributed by atoms with Crippen LogP contribution in [0.2, 0.25) is 0 Å². The molecule has 0 spiro atoms. The van der Waals surface area contributed by atoms with E-state index in [1.165, 1.54) is 12.8 Å². The first-order valence-corrected chi connectivity index (χ1v) is 4.11. The summed E-state index contributed by atoms with van der Waals surface area (Å²) in [6, 6.07) is 2.10. The first-order valence-electron chi connectivity index (χ1n) is 4.11. The summed E-state index contributed by atoms with van der Waals surface area (Å²) in [6.07, 6.45) is 3.29. The second-order valence-corrected chi connectivity index (χ2v) is 3.11. The smallest absolute Gasteiger partial charge is 0.0940 e. The van der Waals surface area contributed by atoms with E-state index in [1.807, 2.05) is 0 Å². The lowest BCUT2D eigenvalue weighted by Crippen LogP contribution is -2.27. The molecular weight excluding hydrogens is 136 g/mol. The molecule has 2 heteroatoms. The van der Waals surface area contributed by atoms with E-state index in [9.17, 15) is 0 Å². The second kappa shape index (κ2) is 4.15. The molecule has 1 rings (SSSR count). The fraction of sp³-hybridized carbons (Fsp3) is 0.667. The highest BCUT2D eigenvalue weighted by atomic mass is 14.9. The fourth-order valence-electron chi connectivity index (χ4n) is 1.48. The van der Waals surface area contributed by atoms with Gasteiger partial charge in [0.1, 0.15) is 0 Å². The van der Waals surface area contributed by atoms with Crippen molar-refractivity contribution in [2.45, 2.75) is 19.3 Å². The van der Waals surface area contributed by atoms with Gasteiger partial charge in [0, 0.05) is 5.57 Å². The molecule has 1 fully saturated rings. The van der Waals surface area contributed by atoms with E-state index >= 15 is 0 Å². The molecule has 0 aliphatic carbocycles. The van der Waals surface area contributed by atoms with Crippen molar-refractivity contribution in [2.75, 3.05) is 13.1 Å². The van der Waals surface area contributed by atoms with Gasteiger partial charge < -0.3 is 5.32 Å². The van der Waals surface area contributed by atoms with Gasteiger partial charge in [0.05, 0.1) is 6.07 Å². The molecule has 1 heterocycles. The monoisotopic (exact) mass is 150 g/mol. The lowest BCUT2D eigenvalue weighted by Gasteiger charge is -2.21. The van der Waals surface area contributed by atoms with Crippen molar-refractivity contribution in [3.05, 3.63) is 12.2 Å². The molecule has 0 aromatic heterocycles. The van der Waals surface area contributed by atoms with E-state index in [2.05, 4.69) is 18.0 Å². The molecule has 1 aliphatic heterocycles. The molecule has 0 aromatic carbocycles. The van der Waals surface area contributed by atoms with Gasteiger partial charge in [0.15, 0.2) is 0 Å². The Hall–Kier alpha value is -0.810. The normalized spacial score (nSPS) is 19.2. The van der Waals surface area contributed by atoms with Crippen LogP contribution in [0.25, 0.3) is 0 Å². The summed E-state index contributed by atoms with van der Waals surface area (Å²) < 4.78 is 0. The van der Waals surface area contributed by atoms with Crippen LogP contribution < -0.4 is 5.32 Å². The summed E-state index contributed by atoms with van der Waals surface area (Å²) in [5.74, 6) is 0.698. The average molecular weight is 150 g/mol. The summed E-state index contributed by atoms with van der Waals surface area (Å²) >= 11 is 0. The molecule has 0 radical (unpaired) electrons. The van der Waals surface area contributed by atoms with Crippen LogP contribution >= 0.6 is 0 Å². The van der Waals surface area contributed by atoms with Gasteiger partial charge in [-0.3, -0.25) is 0 Å². The summed E-state index contributed by atoms with van der Waals surface area (Å²) in [6.45, 7) is 5.89. The predicted molar refractivity (Wildman–Crippen MR) is 45.0 cm³/mol. The SMILES string of the molecule is C=C(C#N)CC1CCNCC1. The second-order valence-electron chi connectivity index (χ2n) is 3.11. The van der Waals surface area contributed by atoms with E-state index in [0.717, 1.165) is 25.1 Å². The van der Waals surface area contributed by atoms with E-state index < -0.39 is 0 Å².